The molecule has 0 aliphatic heterocycles. The van der Waals surface area contributed by atoms with E-state index in [1.165, 1.54) is 16.7 Å². The summed E-state index contributed by atoms with van der Waals surface area (Å²) in [6, 6.07) is 16.9. The van der Waals surface area contributed by atoms with E-state index in [0.29, 0.717) is 0 Å². The molecule has 2 rings (SSSR count). The van der Waals surface area contributed by atoms with E-state index in [2.05, 4.69) is 56.3 Å². The zero-order chi connectivity index (χ0) is 14.4. The minimum absolute atomic E-state index is 0.368. The summed E-state index contributed by atoms with van der Waals surface area (Å²) in [4.78, 5) is 0. The fraction of sp³-hybridized carbons (Fsp3) is 0.368. The van der Waals surface area contributed by atoms with Crippen molar-refractivity contribution in [2.24, 2.45) is 0 Å². The zero-order valence-corrected chi connectivity index (χ0v) is 12.5. The van der Waals surface area contributed by atoms with E-state index < -0.39 is 0 Å². The zero-order valence-electron chi connectivity index (χ0n) is 12.5. The fourth-order valence-electron chi connectivity index (χ4n) is 2.58. The molecule has 0 saturated carbocycles. The van der Waals surface area contributed by atoms with Crippen molar-refractivity contribution >= 4 is 0 Å². The molecule has 0 aromatic heterocycles. The Hall–Kier alpha value is -1.60. The first-order valence-corrected chi connectivity index (χ1v) is 7.51. The second-order valence-corrected chi connectivity index (χ2v) is 5.54. The largest absolute Gasteiger partial charge is 0.388 e. The molecule has 1 heteroatoms. The van der Waals surface area contributed by atoms with E-state index in [0.717, 1.165) is 31.2 Å². The first-order chi connectivity index (χ1) is 9.69. The van der Waals surface area contributed by atoms with Gasteiger partial charge in [-0.2, -0.15) is 0 Å². The highest BCUT2D eigenvalue weighted by atomic mass is 16.3. The molecule has 1 atom stereocenters. The van der Waals surface area contributed by atoms with Crippen LogP contribution in [-0.2, 0) is 12.8 Å². The first kappa shape index (κ1) is 14.8. The van der Waals surface area contributed by atoms with Gasteiger partial charge in [-0.05, 0) is 42.9 Å². The van der Waals surface area contributed by atoms with Crippen molar-refractivity contribution in [3.05, 3.63) is 70.8 Å². The first-order valence-electron chi connectivity index (χ1n) is 7.51. The van der Waals surface area contributed by atoms with Crippen LogP contribution in [0.5, 0.6) is 0 Å². The van der Waals surface area contributed by atoms with E-state index in [1.807, 2.05) is 6.07 Å². The predicted octanol–water partition coefficient (Wildman–Crippen LogP) is 4.61. The van der Waals surface area contributed by atoms with Gasteiger partial charge in [0.05, 0.1) is 6.10 Å². The minimum Gasteiger partial charge on any atom is -0.388 e. The topological polar surface area (TPSA) is 20.2 Å². The van der Waals surface area contributed by atoms with Crippen molar-refractivity contribution in [2.75, 3.05) is 0 Å². The van der Waals surface area contributed by atoms with Gasteiger partial charge in [-0.1, -0.05) is 67.4 Å². The van der Waals surface area contributed by atoms with Crippen LogP contribution in [0.3, 0.4) is 0 Å². The maximum absolute atomic E-state index is 10.3. The van der Waals surface area contributed by atoms with Crippen LogP contribution in [0.4, 0.5) is 0 Å². The molecule has 106 valence electrons. The van der Waals surface area contributed by atoms with Crippen molar-refractivity contribution in [1.29, 1.82) is 0 Å². The second kappa shape index (κ2) is 7.25. The van der Waals surface area contributed by atoms with Crippen LogP contribution in [0, 0.1) is 6.92 Å². The number of aryl methyl sites for hydroxylation is 3. The number of aliphatic hydroxyl groups excluding tert-OH is 1. The smallest absolute Gasteiger partial charge is 0.0793 e. The van der Waals surface area contributed by atoms with Crippen molar-refractivity contribution in [1.82, 2.24) is 0 Å². The Morgan fingerprint density at radius 2 is 1.65 bits per heavy atom. The quantitative estimate of drug-likeness (QED) is 0.811. The Morgan fingerprint density at radius 1 is 0.950 bits per heavy atom. The van der Waals surface area contributed by atoms with Crippen LogP contribution in [0.15, 0.2) is 48.5 Å². The van der Waals surface area contributed by atoms with Crippen molar-refractivity contribution < 1.29 is 5.11 Å². The summed E-state index contributed by atoms with van der Waals surface area (Å²) >= 11 is 0. The Bertz CT molecular complexity index is 545. The SMILES string of the molecule is CCCc1cccc(C(O)CCc2cccc(C)c2)c1. The lowest BCUT2D eigenvalue weighted by molar-refractivity contribution is 0.167. The maximum atomic E-state index is 10.3. The number of rotatable bonds is 6. The summed E-state index contributed by atoms with van der Waals surface area (Å²) < 4.78 is 0. The number of benzene rings is 2. The van der Waals surface area contributed by atoms with Crippen LogP contribution in [0.25, 0.3) is 0 Å². The molecular formula is C19H24O. The van der Waals surface area contributed by atoms with Crippen molar-refractivity contribution in [3.8, 4) is 0 Å². The Labute approximate surface area is 122 Å². The summed E-state index contributed by atoms with van der Waals surface area (Å²) in [6.07, 6.45) is 3.55. The summed E-state index contributed by atoms with van der Waals surface area (Å²) in [7, 11) is 0. The Morgan fingerprint density at radius 3 is 2.35 bits per heavy atom. The van der Waals surface area contributed by atoms with E-state index in [4.69, 9.17) is 0 Å². The summed E-state index contributed by atoms with van der Waals surface area (Å²) in [6.45, 7) is 4.29. The predicted molar refractivity (Wildman–Crippen MR) is 84.9 cm³/mol. The molecular weight excluding hydrogens is 244 g/mol. The van der Waals surface area contributed by atoms with Gasteiger partial charge in [-0.3, -0.25) is 0 Å². The number of hydrogen-bond acceptors (Lipinski definition) is 1. The van der Waals surface area contributed by atoms with Gasteiger partial charge in [-0.25, -0.2) is 0 Å². The van der Waals surface area contributed by atoms with Gasteiger partial charge in [0, 0.05) is 0 Å². The van der Waals surface area contributed by atoms with Gasteiger partial charge in [0.15, 0.2) is 0 Å². The highest BCUT2D eigenvalue weighted by Crippen LogP contribution is 2.21. The average molecular weight is 268 g/mol. The van der Waals surface area contributed by atoms with E-state index in [9.17, 15) is 5.11 Å². The van der Waals surface area contributed by atoms with E-state index in [1.54, 1.807) is 0 Å². The molecule has 0 bridgehead atoms. The minimum atomic E-state index is -0.368. The van der Waals surface area contributed by atoms with Gasteiger partial charge in [-0.15, -0.1) is 0 Å². The molecule has 20 heavy (non-hydrogen) atoms. The molecule has 1 nitrogen and oxygen atoms in total. The molecule has 0 spiro atoms. The van der Waals surface area contributed by atoms with Crippen LogP contribution in [0.1, 0.15) is 48.1 Å². The van der Waals surface area contributed by atoms with Crippen LogP contribution in [-0.4, -0.2) is 5.11 Å². The van der Waals surface area contributed by atoms with Crippen LogP contribution < -0.4 is 0 Å². The summed E-state index contributed by atoms with van der Waals surface area (Å²) in [5.41, 5.74) is 4.94. The van der Waals surface area contributed by atoms with Crippen molar-refractivity contribution in [3.63, 3.8) is 0 Å². The second-order valence-electron chi connectivity index (χ2n) is 5.54. The molecule has 1 N–H and O–H groups in total. The molecule has 1 unspecified atom stereocenters. The van der Waals surface area contributed by atoms with E-state index in [-0.39, 0.29) is 6.10 Å². The van der Waals surface area contributed by atoms with Gasteiger partial charge >= 0.3 is 0 Å². The van der Waals surface area contributed by atoms with E-state index >= 15 is 0 Å². The lowest BCUT2D eigenvalue weighted by Crippen LogP contribution is -2.00. The summed E-state index contributed by atoms with van der Waals surface area (Å²) in [5.74, 6) is 0. The molecule has 0 fully saturated rings. The van der Waals surface area contributed by atoms with Crippen LogP contribution in [0.2, 0.25) is 0 Å². The molecule has 2 aromatic carbocycles. The third kappa shape index (κ3) is 4.21. The maximum Gasteiger partial charge on any atom is 0.0793 e. The molecule has 0 aliphatic rings. The monoisotopic (exact) mass is 268 g/mol. The van der Waals surface area contributed by atoms with Gasteiger partial charge in [0.25, 0.3) is 0 Å². The third-order valence-corrected chi connectivity index (χ3v) is 3.66. The molecule has 0 aliphatic carbocycles. The Kier molecular flexibility index (Phi) is 5.37. The van der Waals surface area contributed by atoms with Gasteiger partial charge < -0.3 is 5.11 Å². The molecule has 0 amide bonds. The fourth-order valence-corrected chi connectivity index (χ4v) is 2.58. The van der Waals surface area contributed by atoms with Crippen molar-refractivity contribution in [2.45, 2.75) is 45.6 Å². The van der Waals surface area contributed by atoms with Gasteiger partial charge in [0.2, 0.25) is 0 Å². The molecule has 0 saturated heterocycles. The van der Waals surface area contributed by atoms with Crippen LogP contribution >= 0.6 is 0 Å². The normalized spacial score (nSPS) is 12.3. The lowest BCUT2D eigenvalue weighted by Gasteiger charge is -2.12. The lowest BCUT2D eigenvalue weighted by atomic mass is 9.98. The number of hydrogen-bond donors (Lipinski definition) is 1. The Balaban J connectivity index is 1.97. The third-order valence-electron chi connectivity index (χ3n) is 3.66. The average Bonchev–Trinajstić information content (AvgIpc) is 2.45. The van der Waals surface area contributed by atoms with Gasteiger partial charge in [0.1, 0.15) is 0 Å². The molecule has 0 heterocycles. The molecule has 2 aromatic rings. The number of aliphatic hydroxyl groups is 1. The highest BCUT2D eigenvalue weighted by Gasteiger charge is 2.08. The standard InChI is InChI=1S/C19H24O/c1-3-6-16-9-5-10-18(14-16)19(20)12-11-17-8-4-7-15(2)13-17/h4-5,7-10,13-14,19-20H,3,6,11-12H2,1-2H3. The highest BCUT2D eigenvalue weighted by molar-refractivity contribution is 5.26. The molecule has 0 radical (unpaired) electrons. The summed E-state index contributed by atoms with van der Waals surface area (Å²) in [5, 5.41) is 10.3.